The van der Waals surface area contributed by atoms with E-state index in [9.17, 15) is 0 Å². The molecule has 1 aromatic carbocycles. The smallest absolute Gasteiger partial charge is 0.0725 e. The summed E-state index contributed by atoms with van der Waals surface area (Å²) in [5.41, 5.74) is 6.35. The van der Waals surface area contributed by atoms with E-state index in [1.54, 1.807) is 0 Å². The number of benzene rings is 1. The molecule has 0 spiro atoms. The Labute approximate surface area is 120 Å². The Balaban J connectivity index is 1.85. The Hall–Kier alpha value is -1.71. The molecule has 0 amide bonds. The topological polar surface area (TPSA) is 34.2 Å². The Morgan fingerprint density at radius 1 is 1.25 bits per heavy atom. The highest BCUT2D eigenvalue weighted by atomic mass is 16.5. The van der Waals surface area contributed by atoms with Crippen molar-refractivity contribution in [2.45, 2.75) is 32.6 Å². The van der Waals surface area contributed by atoms with Gasteiger partial charge in [0, 0.05) is 24.4 Å². The van der Waals surface area contributed by atoms with Crippen LogP contribution in [0.5, 0.6) is 0 Å². The zero-order valence-electron chi connectivity index (χ0n) is 12.0. The lowest BCUT2D eigenvalue weighted by Crippen LogP contribution is -2.20. The van der Waals surface area contributed by atoms with Gasteiger partial charge in [-0.15, -0.1) is 0 Å². The van der Waals surface area contributed by atoms with Gasteiger partial charge in [-0.3, -0.25) is 4.98 Å². The molecule has 20 heavy (non-hydrogen) atoms. The minimum atomic E-state index is 0.287. The third kappa shape index (κ3) is 2.60. The molecule has 1 aliphatic heterocycles. The van der Waals surface area contributed by atoms with Crippen LogP contribution >= 0.6 is 0 Å². The number of rotatable bonds is 4. The van der Waals surface area contributed by atoms with Gasteiger partial charge in [-0.2, -0.15) is 0 Å². The maximum absolute atomic E-state index is 5.49. The van der Waals surface area contributed by atoms with E-state index >= 15 is 0 Å². The van der Waals surface area contributed by atoms with Crippen LogP contribution < -0.4 is 5.32 Å². The number of aryl methyl sites for hydroxylation is 1. The van der Waals surface area contributed by atoms with Gasteiger partial charge in [0.2, 0.25) is 0 Å². The number of hydrogen-bond donors (Lipinski definition) is 1. The standard InChI is InChI=1S/C17H20N2O/c1-12-4-3-7-19-16(12)9-17(18-2)13-5-6-14-10-20-11-15(14)8-13/h3-8,17-18H,9-11H2,1-2H3. The van der Waals surface area contributed by atoms with Crippen LogP contribution in [0.25, 0.3) is 0 Å². The predicted octanol–water partition coefficient (Wildman–Crippen LogP) is 2.92. The quantitative estimate of drug-likeness (QED) is 0.925. The predicted molar refractivity (Wildman–Crippen MR) is 79.4 cm³/mol. The van der Waals surface area contributed by atoms with Crippen LogP contribution in [0, 0.1) is 6.92 Å². The maximum Gasteiger partial charge on any atom is 0.0725 e. The summed E-state index contributed by atoms with van der Waals surface area (Å²) in [7, 11) is 2.01. The second-order valence-electron chi connectivity index (χ2n) is 5.33. The molecule has 0 saturated carbocycles. The second-order valence-corrected chi connectivity index (χ2v) is 5.33. The number of likely N-dealkylation sites (N-methyl/N-ethyl adjacent to an activating group) is 1. The lowest BCUT2D eigenvalue weighted by molar-refractivity contribution is 0.134. The summed E-state index contributed by atoms with van der Waals surface area (Å²) in [6.45, 7) is 3.60. The van der Waals surface area contributed by atoms with Gasteiger partial charge in [0.25, 0.3) is 0 Å². The van der Waals surface area contributed by atoms with Crippen LogP contribution in [0.15, 0.2) is 36.5 Å². The number of hydrogen-bond acceptors (Lipinski definition) is 3. The van der Waals surface area contributed by atoms with E-state index in [-0.39, 0.29) is 6.04 Å². The fourth-order valence-electron chi connectivity index (χ4n) is 2.72. The SMILES string of the molecule is CNC(Cc1ncccc1C)c1ccc2c(c1)COC2. The van der Waals surface area contributed by atoms with Crippen LogP contribution in [0.1, 0.15) is 34.0 Å². The maximum atomic E-state index is 5.49. The fraction of sp³-hybridized carbons (Fsp3) is 0.353. The van der Waals surface area contributed by atoms with Crippen LogP contribution in [0.4, 0.5) is 0 Å². The molecule has 0 fully saturated rings. The number of pyridine rings is 1. The van der Waals surface area contributed by atoms with Gasteiger partial charge < -0.3 is 10.1 Å². The number of nitrogens with zero attached hydrogens (tertiary/aromatic N) is 1. The average molecular weight is 268 g/mol. The molecule has 3 rings (SSSR count). The molecule has 104 valence electrons. The van der Waals surface area contributed by atoms with Gasteiger partial charge in [-0.25, -0.2) is 0 Å². The molecule has 1 aromatic heterocycles. The number of ether oxygens (including phenoxy) is 1. The van der Waals surface area contributed by atoms with Crippen LogP contribution in [0.2, 0.25) is 0 Å². The first-order valence-electron chi connectivity index (χ1n) is 7.05. The average Bonchev–Trinajstić information content (AvgIpc) is 2.94. The summed E-state index contributed by atoms with van der Waals surface area (Å²) < 4.78 is 5.49. The third-order valence-corrected chi connectivity index (χ3v) is 4.01. The Bertz CT molecular complexity index is 610. The number of nitrogens with one attached hydrogen (secondary N) is 1. The molecule has 1 unspecified atom stereocenters. The molecule has 2 heterocycles. The van der Waals surface area contributed by atoms with E-state index < -0.39 is 0 Å². The van der Waals surface area contributed by atoms with E-state index in [2.05, 4.69) is 41.5 Å². The van der Waals surface area contributed by atoms with Gasteiger partial charge in [0.05, 0.1) is 13.2 Å². The molecule has 0 aliphatic carbocycles. The van der Waals surface area contributed by atoms with Crippen molar-refractivity contribution in [2.24, 2.45) is 0 Å². The second kappa shape index (κ2) is 5.73. The van der Waals surface area contributed by atoms with Gasteiger partial charge in [0.15, 0.2) is 0 Å². The van der Waals surface area contributed by atoms with Gasteiger partial charge in [-0.05, 0) is 42.3 Å². The van der Waals surface area contributed by atoms with E-state index in [0.29, 0.717) is 0 Å². The third-order valence-electron chi connectivity index (χ3n) is 4.01. The molecule has 0 saturated heterocycles. The molecule has 1 atom stereocenters. The number of fused-ring (bicyclic) bond motifs is 1. The molecule has 1 N–H and O–H groups in total. The molecule has 0 bridgehead atoms. The van der Waals surface area contributed by atoms with Crippen molar-refractivity contribution in [1.82, 2.24) is 10.3 Å². The Morgan fingerprint density at radius 3 is 2.90 bits per heavy atom. The summed E-state index contributed by atoms with van der Waals surface area (Å²) in [6.07, 6.45) is 2.77. The van der Waals surface area contributed by atoms with E-state index in [4.69, 9.17) is 4.74 Å². The highest BCUT2D eigenvalue weighted by Gasteiger charge is 2.16. The summed E-state index contributed by atoms with van der Waals surface area (Å²) in [6, 6.07) is 11.0. The van der Waals surface area contributed by atoms with Crippen molar-refractivity contribution in [3.05, 3.63) is 64.5 Å². The largest absolute Gasteiger partial charge is 0.372 e. The lowest BCUT2D eigenvalue weighted by Gasteiger charge is -2.18. The zero-order chi connectivity index (χ0) is 13.9. The van der Waals surface area contributed by atoms with E-state index in [1.165, 1.54) is 22.3 Å². The molecule has 1 aliphatic rings. The molecular formula is C17H20N2O. The van der Waals surface area contributed by atoms with E-state index in [1.807, 2.05) is 19.3 Å². The molecule has 3 nitrogen and oxygen atoms in total. The molecular weight excluding hydrogens is 248 g/mol. The van der Waals surface area contributed by atoms with Crippen molar-refractivity contribution >= 4 is 0 Å². The van der Waals surface area contributed by atoms with E-state index in [0.717, 1.165) is 25.3 Å². The highest BCUT2D eigenvalue weighted by Crippen LogP contribution is 2.25. The first-order valence-corrected chi connectivity index (χ1v) is 7.05. The minimum absolute atomic E-state index is 0.287. The van der Waals surface area contributed by atoms with Crippen LogP contribution in [-0.2, 0) is 24.4 Å². The van der Waals surface area contributed by atoms with Crippen molar-refractivity contribution in [3.63, 3.8) is 0 Å². The van der Waals surface area contributed by atoms with Crippen LogP contribution in [0.3, 0.4) is 0 Å². The first kappa shape index (κ1) is 13.3. The normalized spacial score (nSPS) is 15.1. The van der Waals surface area contributed by atoms with Crippen molar-refractivity contribution in [3.8, 4) is 0 Å². The molecule has 2 aromatic rings. The minimum Gasteiger partial charge on any atom is -0.372 e. The Kier molecular flexibility index (Phi) is 3.81. The summed E-state index contributed by atoms with van der Waals surface area (Å²) in [4.78, 5) is 4.50. The monoisotopic (exact) mass is 268 g/mol. The summed E-state index contributed by atoms with van der Waals surface area (Å²) in [5.74, 6) is 0. The fourth-order valence-corrected chi connectivity index (χ4v) is 2.72. The molecule has 0 radical (unpaired) electrons. The highest BCUT2D eigenvalue weighted by molar-refractivity contribution is 5.35. The van der Waals surface area contributed by atoms with Crippen molar-refractivity contribution in [2.75, 3.05) is 7.05 Å². The number of aromatic nitrogens is 1. The Morgan fingerprint density at radius 2 is 2.10 bits per heavy atom. The molecule has 3 heteroatoms. The van der Waals surface area contributed by atoms with Crippen molar-refractivity contribution in [1.29, 1.82) is 0 Å². The summed E-state index contributed by atoms with van der Waals surface area (Å²) >= 11 is 0. The van der Waals surface area contributed by atoms with Gasteiger partial charge in [0.1, 0.15) is 0 Å². The van der Waals surface area contributed by atoms with Crippen LogP contribution in [-0.4, -0.2) is 12.0 Å². The zero-order valence-corrected chi connectivity index (χ0v) is 12.0. The summed E-state index contributed by atoms with van der Waals surface area (Å²) in [5, 5.41) is 3.40. The van der Waals surface area contributed by atoms with Gasteiger partial charge in [-0.1, -0.05) is 24.3 Å². The first-order chi connectivity index (χ1) is 9.78. The van der Waals surface area contributed by atoms with Gasteiger partial charge >= 0.3 is 0 Å². The lowest BCUT2D eigenvalue weighted by atomic mass is 9.96. The van der Waals surface area contributed by atoms with Crippen molar-refractivity contribution < 1.29 is 4.74 Å².